The molecule has 0 saturated heterocycles. The Hall–Kier alpha value is -1.74. The standard InChI is InChI=1S/C15H16ClNO2/c1-9(2)17-13(6-7-14(17)15(18)19)12-8-11(16)5-4-10(12)3/h4-9H,1-3H3,(H,18,19). The highest BCUT2D eigenvalue weighted by molar-refractivity contribution is 6.30. The smallest absolute Gasteiger partial charge is 0.352 e. The Kier molecular flexibility index (Phi) is 3.67. The van der Waals surface area contributed by atoms with Gasteiger partial charge in [0.1, 0.15) is 5.69 Å². The molecule has 0 unspecified atom stereocenters. The molecule has 3 nitrogen and oxygen atoms in total. The Morgan fingerprint density at radius 3 is 2.53 bits per heavy atom. The van der Waals surface area contributed by atoms with Crippen LogP contribution < -0.4 is 0 Å². The van der Waals surface area contributed by atoms with E-state index in [0.717, 1.165) is 16.8 Å². The van der Waals surface area contributed by atoms with Crippen LogP contribution in [0.4, 0.5) is 0 Å². The second-order valence-corrected chi connectivity index (χ2v) is 5.27. The minimum absolute atomic E-state index is 0.0643. The number of hydrogen-bond donors (Lipinski definition) is 1. The summed E-state index contributed by atoms with van der Waals surface area (Å²) in [5, 5.41) is 9.90. The number of hydrogen-bond acceptors (Lipinski definition) is 1. The average Bonchev–Trinajstić information content (AvgIpc) is 2.76. The van der Waals surface area contributed by atoms with Crippen molar-refractivity contribution in [2.24, 2.45) is 0 Å². The van der Waals surface area contributed by atoms with Crippen LogP contribution in [-0.4, -0.2) is 15.6 Å². The maximum atomic E-state index is 11.3. The van der Waals surface area contributed by atoms with E-state index >= 15 is 0 Å². The molecule has 0 fully saturated rings. The normalized spacial score (nSPS) is 11.0. The molecule has 2 rings (SSSR count). The van der Waals surface area contributed by atoms with Crippen LogP contribution >= 0.6 is 11.6 Å². The third-order valence-electron chi connectivity index (χ3n) is 3.13. The van der Waals surface area contributed by atoms with Crippen molar-refractivity contribution in [2.45, 2.75) is 26.8 Å². The first-order chi connectivity index (χ1) is 8.91. The van der Waals surface area contributed by atoms with Crippen molar-refractivity contribution in [1.29, 1.82) is 0 Å². The van der Waals surface area contributed by atoms with Gasteiger partial charge in [0.05, 0.1) is 0 Å². The number of aryl methyl sites for hydroxylation is 1. The lowest BCUT2D eigenvalue weighted by Crippen LogP contribution is -2.11. The van der Waals surface area contributed by atoms with Gasteiger partial charge in [-0.15, -0.1) is 0 Å². The summed E-state index contributed by atoms with van der Waals surface area (Å²) in [4.78, 5) is 11.3. The topological polar surface area (TPSA) is 42.2 Å². The highest BCUT2D eigenvalue weighted by atomic mass is 35.5. The van der Waals surface area contributed by atoms with Crippen molar-refractivity contribution in [1.82, 2.24) is 4.57 Å². The van der Waals surface area contributed by atoms with Gasteiger partial charge in [-0.3, -0.25) is 0 Å². The number of carbonyl (C=O) groups is 1. The van der Waals surface area contributed by atoms with Gasteiger partial charge in [0.2, 0.25) is 0 Å². The molecule has 0 spiro atoms. The van der Waals surface area contributed by atoms with Crippen LogP contribution in [0.15, 0.2) is 30.3 Å². The van der Waals surface area contributed by atoms with Crippen LogP contribution in [0.2, 0.25) is 5.02 Å². The fraction of sp³-hybridized carbons (Fsp3) is 0.267. The minimum Gasteiger partial charge on any atom is -0.477 e. The molecule has 100 valence electrons. The van der Waals surface area contributed by atoms with Crippen molar-refractivity contribution in [2.75, 3.05) is 0 Å². The van der Waals surface area contributed by atoms with Crippen molar-refractivity contribution in [3.05, 3.63) is 46.6 Å². The molecule has 1 heterocycles. The Bertz CT molecular complexity index is 629. The minimum atomic E-state index is -0.917. The maximum absolute atomic E-state index is 11.3. The quantitative estimate of drug-likeness (QED) is 0.904. The van der Waals surface area contributed by atoms with Gasteiger partial charge in [0.25, 0.3) is 0 Å². The van der Waals surface area contributed by atoms with Gasteiger partial charge in [-0.2, -0.15) is 0 Å². The SMILES string of the molecule is Cc1ccc(Cl)cc1-c1ccc(C(=O)O)n1C(C)C. The number of nitrogens with zero attached hydrogens (tertiary/aromatic N) is 1. The predicted molar refractivity (Wildman–Crippen MR) is 77.0 cm³/mol. The van der Waals surface area contributed by atoms with Crippen LogP contribution in [0.25, 0.3) is 11.3 Å². The molecule has 1 aromatic carbocycles. The Morgan fingerprint density at radius 1 is 1.26 bits per heavy atom. The van der Waals surface area contributed by atoms with Crippen molar-refractivity contribution in [3.8, 4) is 11.3 Å². The first-order valence-electron chi connectivity index (χ1n) is 6.13. The third kappa shape index (κ3) is 2.51. The number of carboxylic acid groups (broad SMARTS) is 1. The zero-order valence-electron chi connectivity index (χ0n) is 11.1. The summed E-state index contributed by atoms with van der Waals surface area (Å²) in [5.41, 5.74) is 3.21. The predicted octanol–water partition coefficient (Wildman–Crippen LogP) is 4.40. The van der Waals surface area contributed by atoms with Crippen LogP contribution in [0.5, 0.6) is 0 Å². The summed E-state index contributed by atoms with van der Waals surface area (Å²) in [6.07, 6.45) is 0. The molecule has 0 aliphatic carbocycles. The van der Waals surface area contributed by atoms with Gasteiger partial charge in [-0.1, -0.05) is 17.7 Å². The number of benzene rings is 1. The van der Waals surface area contributed by atoms with E-state index in [0.29, 0.717) is 10.7 Å². The van der Waals surface area contributed by atoms with E-state index < -0.39 is 5.97 Å². The Balaban J connectivity index is 2.69. The van der Waals surface area contributed by atoms with Crippen molar-refractivity contribution in [3.63, 3.8) is 0 Å². The van der Waals surface area contributed by atoms with E-state index in [1.165, 1.54) is 0 Å². The first kappa shape index (κ1) is 13.7. The summed E-state index contributed by atoms with van der Waals surface area (Å²) >= 11 is 6.04. The van der Waals surface area contributed by atoms with E-state index in [9.17, 15) is 9.90 Å². The number of rotatable bonds is 3. The van der Waals surface area contributed by atoms with E-state index in [4.69, 9.17) is 11.6 Å². The number of carboxylic acids is 1. The van der Waals surface area contributed by atoms with Crippen LogP contribution in [-0.2, 0) is 0 Å². The van der Waals surface area contributed by atoms with Crippen LogP contribution in [0.3, 0.4) is 0 Å². The second kappa shape index (κ2) is 5.10. The lowest BCUT2D eigenvalue weighted by molar-refractivity contribution is 0.0683. The largest absolute Gasteiger partial charge is 0.477 e. The molecule has 1 aromatic heterocycles. The Morgan fingerprint density at radius 2 is 1.95 bits per heavy atom. The van der Waals surface area contributed by atoms with Gasteiger partial charge >= 0.3 is 5.97 Å². The van der Waals surface area contributed by atoms with E-state index in [1.54, 1.807) is 6.07 Å². The monoisotopic (exact) mass is 277 g/mol. The molecule has 0 radical (unpaired) electrons. The lowest BCUT2D eigenvalue weighted by atomic mass is 10.1. The summed E-state index contributed by atoms with van der Waals surface area (Å²) in [6, 6.07) is 9.18. The summed E-state index contributed by atoms with van der Waals surface area (Å²) < 4.78 is 1.82. The summed E-state index contributed by atoms with van der Waals surface area (Å²) in [5.74, 6) is -0.917. The summed E-state index contributed by atoms with van der Waals surface area (Å²) in [7, 11) is 0. The molecule has 0 saturated carbocycles. The lowest BCUT2D eigenvalue weighted by Gasteiger charge is -2.17. The van der Waals surface area contributed by atoms with Gasteiger partial charge < -0.3 is 9.67 Å². The van der Waals surface area contributed by atoms with Crippen molar-refractivity contribution >= 4 is 17.6 Å². The van der Waals surface area contributed by atoms with Crippen LogP contribution in [0.1, 0.15) is 35.9 Å². The number of halogens is 1. The molecule has 2 aromatic rings. The molecular formula is C15H16ClNO2. The molecule has 19 heavy (non-hydrogen) atoms. The van der Waals surface area contributed by atoms with Gasteiger partial charge in [-0.25, -0.2) is 4.79 Å². The molecule has 0 atom stereocenters. The van der Waals surface area contributed by atoms with E-state index in [2.05, 4.69) is 0 Å². The second-order valence-electron chi connectivity index (χ2n) is 4.83. The third-order valence-corrected chi connectivity index (χ3v) is 3.36. The molecular weight excluding hydrogens is 262 g/mol. The zero-order chi connectivity index (χ0) is 14.2. The van der Waals surface area contributed by atoms with Crippen LogP contribution in [0, 0.1) is 6.92 Å². The van der Waals surface area contributed by atoms with Gasteiger partial charge in [-0.05, 0) is 50.6 Å². The Labute approximate surface area is 117 Å². The van der Waals surface area contributed by atoms with E-state index in [-0.39, 0.29) is 6.04 Å². The van der Waals surface area contributed by atoms with E-state index in [1.807, 2.05) is 49.6 Å². The highest BCUT2D eigenvalue weighted by Gasteiger charge is 2.18. The zero-order valence-corrected chi connectivity index (χ0v) is 11.9. The average molecular weight is 278 g/mol. The molecule has 0 bridgehead atoms. The molecule has 0 amide bonds. The fourth-order valence-electron chi connectivity index (χ4n) is 2.27. The van der Waals surface area contributed by atoms with Gasteiger partial charge in [0, 0.05) is 22.3 Å². The molecule has 1 N–H and O–H groups in total. The summed E-state index contributed by atoms with van der Waals surface area (Å²) in [6.45, 7) is 5.93. The van der Waals surface area contributed by atoms with Crippen molar-refractivity contribution < 1.29 is 9.90 Å². The highest BCUT2D eigenvalue weighted by Crippen LogP contribution is 2.30. The first-order valence-corrected chi connectivity index (χ1v) is 6.50. The number of aromatic carboxylic acids is 1. The molecule has 0 aliphatic rings. The fourth-order valence-corrected chi connectivity index (χ4v) is 2.44. The molecule has 4 heteroatoms. The molecule has 0 aliphatic heterocycles. The number of aromatic nitrogens is 1. The maximum Gasteiger partial charge on any atom is 0.352 e. The van der Waals surface area contributed by atoms with Gasteiger partial charge in [0.15, 0.2) is 0 Å².